The van der Waals surface area contributed by atoms with Gasteiger partial charge >= 0.3 is 0 Å². The van der Waals surface area contributed by atoms with Crippen LogP contribution in [-0.2, 0) is 0 Å². The summed E-state index contributed by atoms with van der Waals surface area (Å²) in [5.74, 6) is 2.78. The second-order valence-corrected chi connectivity index (χ2v) is 6.88. The van der Waals surface area contributed by atoms with Crippen molar-refractivity contribution in [2.24, 2.45) is 10.4 Å². The second-order valence-electron chi connectivity index (χ2n) is 6.88. The minimum absolute atomic E-state index is 0.606. The van der Waals surface area contributed by atoms with Crippen LogP contribution in [0.15, 0.2) is 29.3 Å². The van der Waals surface area contributed by atoms with Crippen LogP contribution in [0.5, 0.6) is 11.5 Å². The first kappa shape index (κ1) is 16.9. The van der Waals surface area contributed by atoms with Crippen molar-refractivity contribution in [2.45, 2.75) is 32.1 Å². The van der Waals surface area contributed by atoms with Gasteiger partial charge in [-0.1, -0.05) is 6.42 Å². The van der Waals surface area contributed by atoms with Crippen LogP contribution in [0.3, 0.4) is 0 Å². The van der Waals surface area contributed by atoms with Crippen molar-refractivity contribution in [1.82, 2.24) is 10.2 Å². The van der Waals surface area contributed by atoms with E-state index in [9.17, 15) is 0 Å². The highest BCUT2D eigenvalue weighted by Crippen LogP contribution is 2.47. The Morgan fingerprint density at radius 2 is 1.96 bits per heavy atom. The maximum Gasteiger partial charge on any atom is 0.193 e. The van der Waals surface area contributed by atoms with E-state index in [1.165, 1.54) is 32.2 Å². The largest absolute Gasteiger partial charge is 0.497 e. The van der Waals surface area contributed by atoms with Crippen molar-refractivity contribution in [3.05, 3.63) is 24.3 Å². The molecule has 0 aromatic heterocycles. The average molecular weight is 331 g/mol. The summed E-state index contributed by atoms with van der Waals surface area (Å²) >= 11 is 0. The lowest BCUT2D eigenvalue weighted by Crippen LogP contribution is -2.43. The predicted molar refractivity (Wildman–Crippen MR) is 96.9 cm³/mol. The van der Waals surface area contributed by atoms with E-state index < -0.39 is 0 Å². The molecule has 1 aromatic rings. The number of benzene rings is 1. The van der Waals surface area contributed by atoms with E-state index in [4.69, 9.17) is 9.47 Å². The van der Waals surface area contributed by atoms with Crippen molar-refractivity contribution in [2.75, 3.05) is 40.4 Å². The summed E-state index contributed by atoms with van der Waals surface area (Å²) in [6.07, 6.45) is 6.48. The Morgan fingerprint density at radius 3 is 2.54 bits per heavy atom. The number of aliphatic imine (C=N–C) groups is 1. The van der Waals surface area contributed by atoms with E-state index in [1.807, 2.05) is 31.3 Å². The summed E-state index contributed by atoms with van der Waals surface area (Å²) in [5.41, 5.74) is 0.606. The third kappa shape index (κ3) is 3.94. The van der Waals surface area contributed by atoms with Gasteiger partial charge < -0.3 is 19.7 Å². The zero-order valence-corrected chi connectivity index (χ0v) is 14.9. The number of likely N-dealkylation sites (tertiary alicyclic amines) is 1. The van der Waals surface area contributed by atoms with Gasteiger partial charge in [-0.05, 0) is 55.4 Å². The van der Waals surface area contributed by atoms with Crippen molar-refractivity contribution < 1.29 is 9.47 Å². The van der Waals surface area contributed by atoms with E-state index >= 15 is 0 Å². The zero-order valence-electron chi connectivity index (χ0n) is 14.9. The molecule has 0 amide bonds. The molecule has 1 aliphatic carbocycles. The fourth-order valence-corrected chi connectivity index (χ4v) is 3.67. The molecule has 24 heavy (non-hydrogen) atoms. The first-order valence-electron chi connectivity index (χ1n) is 8.97. The lowest BCUT2D eigenvalue weighted by molar-refractivity contribution is 0.151. The minimum Gasteiger partial charge on any atom is -0.497 e. The van der Waals surface area contributed by atoms with Gasteiger partial charge in [0.25, 0.3) is 0 Å². The minimum atomic E-state index is 0.606. The molecule has 1 N–H and O–H groups in total. The number of guanidine groups is 1. The molecule has 1 aromatic carbocycles. The van der Waals surface area contributed by atoms with Crippen LogP contribution >= 0.6 is 0 Å². The summed E-state index contributed by atoms with van der Waals surface area (Å²) in [7, 11) is 3.55. The SMILES string of the molecule is CN=C(NCCCOc1ccc(OC)cc1)N1CCC2(CCC2)C1. The van der Waals surface area contributed by atoms with E-state index in [1.54, 1.807) is 7.11 Å². The van der Waals surface area contributed by atoms with Crippen molar-refractivity contribution >= 4 is 5.96 Å². The molecule has 1 spiro atoms. The van der Waals surface area contributed by atoms with Crippen molar-refractivity contribution in [3.8, 4) is 11.5 Å². The van der Waals surface area contributed by atoms with Gasteiger partial charge in [0.2, 0.25) is 0 Å². The van der Waals surface area contributed by atoms with Gasteiger partial charge in [0, 0.05) is 26.7 Å². The monoisotopic (exact) mass is 331 g/mol. The smallest absolute Gasteiger partial charge is 0.193 e. The number of nitrogens with one attached hydrogen (secondary N) is 1. The number of hydrogen-bond donors (Lipinski definition) is 1. The first-order valence-corrected chi connectivity index (χ1v) is 8.97. The molecular formula is C19H29N3O2. The van der Waals surface area contributed by atoms with E-state index in [0.29, 0.717) is 12.0 Å². The van der Waals surface area contributed by atoms with Gasteiger partial charge in [-0.3, -0.25) is 4.99 Å². The van der Waals surface area contributed by atoms with E-state index in [-0.39, 0.29) is 0 Å². The highest BCUT2D eigenvalue weighted by Gasteiger charge is 2.43. The van der Waals surface area contributed by atoms with Crippen LogP contribution in [0, 0.1) is 5.41 Å². The molecule has 5 nitrogen and oxygen atoms in total. The number of methoxy groups -OCH3 is 1. The van der Waals surface area contributed by atoms with Crippen molar-refractivity contribution in [3.63, 3.8) is 0 Å². The van der Waals surface area contributed by atoms with Crippen LogP contribution in [0.2, 0.25) is 0 Å². The third-order valence-electron chi connectivity index (χ3n) is 5.30. The molecule has 0 bridgehead atoms. The van der Waals surface area contributed by atoms with Gasteiger partial charge in [0.05, 0.1) is 13.7 Å². The summed E-state index contributed by atoms with van der Waals surface area (Å²) < 4.78 is 10.9. The Labute approximate surface area is 145 Å². The molecule has 1 aliphatic heterocycles. The Balaban J connectivity index is 1.34. The predicted octanol–water partition coefficient (Wildman–Crippen LogP) is 2.92. The molecule has 1 heterocycles. The van der Waals surface area contributed by atoms with Crippen LogP contribution in [0.1, 0.15) is 32.1 Å². The summed E-state index contributed by atoms with van der Waals surface area (Å²) in [4.78, 5) is 6.87. The summed E-state index contributed by atoms with van der Waals surface area (Å²) in [6.45, 7) is 3.89. The van der Waals surface area contributed by atoms with Gasteiger partial charge in [-0.2, -0.15) is 0 Å². The molecule has 132 valence electrons. The highest BCUT2D eigenvalue weighted by atomic mass is 16.5. The zero-order chi connectivity index (χ0) is 16.8. The number of hydrogen-bond acceptors (Lipinski definition) is 3. The normalized spacial score (nSPS) is 19.2. The summed E-state index contributed by atoms with van der Waals surface area (Å²) in [6, 6.07) is 7.71. The highest BCUT2D eigenvalue weighted by molar-refractivity contribution is 5.80. The van der Waals surface area contributed by atoms with E-state index in [0.717, 1.165) is 37.0 Å². The molecule has 0 unspecified atom stereocenters. The average Bonchev–Trinajstić information content (AvgIpc) is 3.04. The van der Waals surface area contributed by atoms with Gasteiger partial charge in [-0.25, -0.2) is 0 Å². The lowest BCUT2D eigenvalue weighted by Gasteiger charge is -2.38. The van der Waals surface area contributed by atoms with Gasteiger partial charge in [0.1, 0.15) is 11.5 Å². The Hall–Kier alpha value is -1.91. The van der Waals surface area contributed by atoms with Gasteiger partial charge in [0.15, 0.2) is 5.96 Å². The summed E-state index contributed by atoms with van der Waals surface area (Å²) in [5, 5.41) is 3.48. The second kappa shape index (κ2) is 7.77. The fraction of sp³-hybridized carbons (Fsp3) is 0.632. The molecule has 0 radical (unpaired) electrons. The molecule has 0 atom stereocenters. The quantitative estimate of drug-likeness (QED) is 0.495. The number of nitrogens with zero attached hydrogens (tertiary/aromatic N) is 2. The molecule has 5 heteroatoms. The molecule has 3 rings (SSSR count). The fourth-order valence-electron chi connectivity index (χ4n) is 3.67. The topological polar surface area (TPSA) is 46.1 Å². The van der Waals surface area contributed by atoms with Crippen LogP contribution in [-0.4, -0.2) is 51.3 Å². The Kier molecular flexibility index (Phi) is 5.48. The Morgan fingerprint density at radius 1 is 1.21 bits per heavy atom. The molecule has 2 aliphatic rings. The third-order valence-corrected chi connectivity index (χ3v) is 5.30. The van der Waals surface area contributed by atoms with Crippen LogP contribution in [0.25, 0.3) is 0 Å². The maximum absolute atomic E-state index is 5.76. The van der Waals surface area contributed by atoms with Crippen molar-refractivity contribution in [1.29, 1.82) is 0 Å². The standard InChI is InChI=1S/C19H29N3O2/c1-20-18(22-13-11-19(15-22)9-3-10-19)21-12-4-14-24-17-7-5-16(23-2)6-8-17/h5-8H,3-4,9-15H2,1-2H3,(H,20,21). The molecule has 1 saturated heterocycles. The first-order chi connectivity index (χ1) is 11.7. The number of rotatable bonds is 6. The lowest BCUT2D eigenvalue weighted by atomic mass is 9.68. The molecular weight excluding hydrogens is 302 g/mol. The van der Waals surface area contributed by atoms with Crippen LogP contribution in [0.4, 0.5) is 0 Å². The number of ether oxygens (including phenoxy) is 2. The molecule has 2 fully saturated rings. The van der Waals surface area contributed by atoms with Crippen LogP contribution < -0.4 is 14.8 Å². The van der Waals surface area contributed by atoms with E-state index in [2.05, 4.69) is 15.2 Å². The van der Waals surface area contributed by atoms with Gasteiger partial charge in [-0.15, -0.1) is 0 Å². The molecule has 1 saturated carbocycles. The Bertz CT molecular complexity index is 552. The maximum atomic E-state index is 5.76.